The third kappa shape index (κ3) is 5.07. The molecule has 0 aliphatic rings. The van der Waals surface area contributed by atoms with E-state index >= 15 is 0 Å². The summed E-state index contributed by atoms with van der Waals surface area (Å²) in [5.41, 5.74) is 6.24. The van der Waals surface area contributed by atoms with E-state index in [9.17, 15) is 0 Å². The highest BCUT2D eigenvalue weighted by Crippen LogP contribution is 2.37. The van der Waals surface area contributed by atoms with E-state index in [1.54, 1.807) is 22.7 Å². The van der Waals surface area contributed by atoms with Crippen LogP contribution < -0.4 is 9.47 Å². The van der Waals surface area contributed by atoms with Crippen molar-refractivity contribution in [2.24, 2.45) is 0 Å². The van der Waals surface area contributed by atoms with Crippen LogP contribution in [0.4, 0.5) is 0 Å². The number of para-hydroxylation sites is 4. The molecule has 0 radical (unpaired) electrons. The van der Waals surface area contributed by atoms with E-state index in [0.29, 0.717) is 13.2 Å². The summed E-state index contributed by atoms with van der Waals surface area (Å²) in [6.45, 7) is 0.951. The van der Waals surface area contributed by atoms with Crippen molar-refractivity contribution in [3.63, 3.8) is 0 Å². The van der Waals surface area contributed by atoms with Gasteiger partial charge >= 0.3 is 0 Å². The molecule has 0 spiro atoms. The summed E-state index contributed by atoms with van der Waals surface area (Å²) in [6.07, 6.45) is 0. The smallest absolute Gasteiger partial charge is 0.130 e. The Morgan fingerprint density at radius 1 is 0.450 bits per heavy atom. The third-order valence-corrected chi connectivity index (χ3v) is 8.77. The summed E-state index contributed by atoms with van der Waals surface area (Å²) in [5.74, 6) is 1.67. The molecular weight excluding hydrogens is 533 g/mol. The van der Waals surface area contributed by atoms with Crippen LogP contribution in [-0.4, -0.2) is 9.97 Å². The monoisotopic (exact) mass is 556 g/mol. The van der Waals surface area contributed by atoms with Gasteiger partial charge in [0.25, 0.3) is 0 Å². The third-order valence-electron chi connectivity index (χ3n) is 6.63. The van der Waals surface area contributed by atoms with Crippen LogP contribution >= 0.6 is 22.7 Å². The van der Waals surface area contributed by atoms with Crippen molar-refractivity contribution >= 4 is 43.1 Å². The van der Waals surface area contributed by atoms with Crippen LogP contribution in [0.1, 0.15) is 11.1 Å². The molecule has 2 heterocycles. The van der Waals surface area contributed by atoms with E-state index in [4.69, 9.17) is 19.4 Å². The van der Waals surface area contributed by atoms with Crippen molar-refractivity contribution in [3.8, 4) is 32.6 Å². The standard InChI is InChI=1S/C34H24N2O2S2/c1-5-13-29(25(9-1)33-35-27-11-3-7-15-31(27)39-33)37-21-23-17-19-24(20-18-23)22-38-30-14-6-2-10-26(30)34-36-28-12-4-8-16-32(28)40-34/h1-20H,21-22H2. The lowest BCUT2D eigenvalue weighted by atomic mass is 10.1. The molecule has 0 aliphatic heterocycles. The van der Waals surface area contributed by atoms with Gasteiger partial charge in [-0.3, -0.25) is 0 Å². The van der Waals surface area contributed by atoms with E-state index in [2.05, 4.69) is 48.5 Å². The minimum Gasteiger partial charge on any atom is -0.488 e. The van der Waals surface area contributed by atoms with Gasteiger partial charge in [0.05, 0.1) is 31.6 Å². The van der Waals surface area contributed by atoms with E-state index < -0.39 is 0 Å². The van der Waals surface area contributed by atoms with Gasteiger partial charge < -0.3 is 9.47 Å². The average Bonchev–Trinajstić information content (AvgIpc) is 3.64. The largest absolute Gasteiger partial charge is 0.488 e. The number of fused-ring (bicyclic) bond motifs is 2. The van der Waals surface area contributed by atoms with Crippen molar-refractivity contribution in [1.29, 1.82) is 0 Å². The first kappa shape index (κ1) is 24.5. The molecule has 0 N–H and O–H groups in total. The number of thiazole rings is 2. The summed E-state index contributed by atoms with van der Waals surface area (Å²) in [7, 11) is 0. The van der Waals surface area contributed by atoms with Gasteiger partial charge in [0.1, 0.15) is 34.7 Å². The minimum absolute atomic E-state index is 0.476. The van der Waals surface area contributed by atoms with Crippen LogP contribution in [0.3, 0.4) is 0 Å². The zero-order valence-electron chi connectivity index (χ0n) is 21.5. The van der Waals surface area contributed by atoms with Crippen molar-refractivity contribution < 1.29 is 9.47 Å². The van der Waals surface area contributed by atoms with E-state index in [1.807, 2.05) is 72.8 Å². The van der Waals surface area contributed by atoms with E-state index in [-0.39, 0.29) is 0 Å². The molecule has 6 heteroatoms. The van der Waals surface area contributed by atoms with Crippen LogP contribution in [0, 0.1) is 0 Å². The van der Waals surface area contributed by atoms with E-state index in [0.717, 1.165) is 54.8 Å². The molecule has 40 heavy (non-hydrogen) atoms. The second kappa shape index (κ2) is 10.9. The quantitative estimate of drug-likeness (QED) is 0.187. The van der Waals surface area contributed by atoms with Gasteiger partial charge in [0.2, 0.25) is 0 Å². The molecule has 0 fully saturated rings. The molecule has 0 atom stereocenters. The van der Waals surface area contributed by atoms with Crippen molar-refractivity contribution in [3.05, 3.63) is 132 Å². The Balaban J connectivity index is 1.02. The number of hydrogen-bond donors (Lipinski definition) is 0. The first-order chi connectivity index (χ1) is 19.8. The Labute approximate surface area is 240 Å². The SMILES string of the molecule is c1ccc(-c2nc3ccccc3s2)c(OCc2ccc(COc3ccccc3-c3nc4ccccc4s3)cc2)c1. The highest BCUT2D eigenvalue weighted by molar-refractivity contribution is 7.22. The molecule has 2 aromatic heterocycles. The Kier molecular flexibility index (Phi) is 6.70. The Bertz CT molecular complexity index is 1720. The fraction of sp³-hybridized carbons (Fsp3) is 0.0588. The van der Waals surface area contributed by atoms with Crippen LogP contribution in [0.2, 0.25) is 0 Å². The maximum absolute atomic E-state index is 6.26. The summed E-state index contributed by atoms with van der Waals surface area (Å²) in [5, 5.41) is 1.94. The number of aromatic nitrogens is 2. The Hall–Kier alpha value is -4.52. The van der Waals surface area contributed by atoms with E-state index in [1.165, 1.54) is 9.40 Å². The molecule has 0 saturated carbocycles. The van der Waals surface area contributed by atoms with Gasteiger partial charge in [0.15, 0.2) is 0 Å². The molecule has 7 rings (SSSR count). The van der Waals surface area contributed by atoms with Gasteiger partial charge in [-0.15, -0.1) is 22.7 Å². The first-order valence-corrected chi connectivity index (χ1v) is 14.7. The van der Waals surface area contributed by atoms with Crippen molar-refractivity contribution in [2.75, 3.05) is 0 Å². The highest BCUT2D eigenvalue weighted by atomic mass is 32.1. The lowest BCUT2D eigenvalue weighted by Crippen LogP contribution is -1.99. The van der Waals surface area contributed by atoms with Crippen LogP contribution in [0.5, 0.6) is 11.5 Å². The minimum atomic E-state index is 0.476. The fourth-order valence-corrected chi connectivity index (χ4v) is 6.56. The molecule has 194 valence electrons. The first-order valence-electron chi connectivity index (χ1n) is 13.0. The maximum Gasteiger partial charge on any atom is 0.130 e. The van der Waals surface area contributed by atoms with Crippen molar-refractivity contribution in [1.82, 2.24) is 9.97 Å². The predicted octanol–water partition coefficient (Wildman–Crippen LogP) is 9.40. The van der Waals surface area contributed by atoms with Gasteiger partial charge in [-0.25, -0.2) is 9.97 Å². The average molecular weight is 557 g/mol. The lowest BCUT2D eigenvalue weighted by Gasteiger charge is -2.12. The van der Waals surface area contributed by atoms with Crippen LogP contribution in [-0.2, 0) is 13.2 Å². The molecule has 4 nitrogen and oxygen atoms in total. The number of ether oxygens (including phenoxy) is 2. The van der Waals surface area contributed by atoms with Gasteiger partial charge in [-0.1, -0.05) is 72.8 Å². The van der Waals surface area contributed by atoms with Crippen molar-refractivity contribution in [2.45, 2.75) is 13.2 Å². The number of rotatable bonds is 8. The number of nitrogens with zero attached hydrogens (tertiary/aromatic N) is 2. The topological polar surface area (TPSA) is 44.2 Å². The molecule has 0 amide bonds. The number of benzene rings is 5. The number of hydrogen-bond acceptors (Lipinski definition) is 6. The Morgan fingerprint density at radius 3 is 1.30 bits per heavy atom. The lowest BCUT2D eigenvalue weighted by molar-refractivity contribution is 0.304. The van der Waals surface area contributed by atoms with Gasteiger partial charge in [-0.2, -0.15) is 0 Å². The Morgan fingerprint density at radius 2 is 0.850 bits per heavy atom. The molecule has 5 aromatic carbocycles. The van der Waals surface area contributed by atoms with Crippen LogP contribution in [0.25, 0.3) is 41.6 Å². The maximum atomic E-state index is 6.26. The fourth-order valence-electron chi connectivity index (χ4n) is 4.57. The molecule has 0 aliphatic carbocycles. The highest BCUT2D eigenvalue weighted by Gasteiger charge is 2.13. The summed E-state index contributed by atoms with van der Waals surface area (Å²) in [6, 6.07) is 41.0. The molecule has 0 saturated heterocycles. The second-order valence-corrected chi connectivity index (χ2v) is 11.4. The normalized spacial score (nSPS) is 11.2. The zero-order valence-corrected chi connectivity index (χ0v) is 23.1. The molecule has 7 aromatic rings. The molecular formula is C34H24N2O2S2. The summed E-state index contributed by atoms with van der Waals surface area (Å²) >= 11 is 3.37. The summed E-state index contributed by atoms with van der Waals surface area (Å²) in [4.78, 5) is 9.63. The molecule has 0 bridgehead atoms. The summed E-state index contributed by atoms with van der Waals surface area (Å²) < 4.78 is 14.9. The zero-order chi connectivity index (χ0) is 26.7. The van der Waals surface area contributed by atoms with Crippen LogP contribution in [0.15, 0.2) is 121 Å². The van der Waals surface area contributed by atoms with Gasteiger partial charge in [0, 0.05) is 0 Å². The van der Waals surface area contributed by atoms with Gasteiger partial charge in [-0.05, 0) is 59.7 Å². The molecule has 0 unspecified atom stereocenters. The predicted molar refractivity (Wildman–Crippen MR) is 165 cm³/mol. The second-order valence-electron chi connectivity index (χ2n) is 9.36.